The minimum Gasteiger partial charge on any atom is -0.357 e. The monoisotopic (exact) mass is 233 g/mol. The highest BCUT2D eigenvalue weighted by Crippen LogP contribution is 2.25. The standard InChI is InChI=1S/C14H23N3/c1-15-11-12-8-9-16-14(10-12)17(2)13-6-4-3-5-7-13/h8-10,13,15H,3-7,11H2,1-2H3. The molecule has 94 valence electrons. The molecule has 0 radical (unpaired) electrons. The Morgan fingerprint density at radius 1 is 1.35 bits per heavy atom. The summed E-state index contributed by atoms with van der Waals surface area (Å²) in [5.74, 6) is 1.12. The van der Waals surface area contributed by atoms with E-state index in [0.29, 0.717) is 6.04 Å². The van der Waals surface area contributed by atoms with Crippen LogP contribution in [-0.4, -0.2) is 25.1 Å². The third-order valence-electron chi connectivity index (χ3n) is 3.67. The van der Waals surface area contributed by atoms with E-state index < -0.39 is 0 Å². The number of nitrogens with zero attached hydrogens (tertiary/aromatic N) is 2. The lowest BCUT2D eigenvalue weighted by Crippen LogP contribution is -2.33. The maximum Gasteiger partial charge on any atom is 0.128 e. The molecule has 17 heavy (non-hydrogen) atoms. The molecule has 0 atom stereocenters. The number of nitrogens with one attached hydrogen (secondary N) is 1. The van der Waals surface area contributed by atoms with Gasteiger partial charge >= 0.3 is 0 Å². The number of hydrogen-bond donors (Lipinski definition) is 1. The quantitative estimate of drug-likeness (QED) is 0.866. The fourth-order valence-electron chi connectivity index (χ4n) is 2.62. The van der Waals surface area contributed by atoms with E-state index in [-0.39, 0.29) is 0 Å². The summed E-state index contributed by atoms with van der Waals surface area (Å²) in [6.45, 7) is 0.911. The predicted octanol–water partition coefficient (Wildman–Crippen LogP) is 2.57. The predicted molar refractivity (Wildman–Crippen MR) is 72.3 cm³/mol. The van der Waals surface area contributed by atoms with Gasteiger partial charge in [-0.2, -0.15) is 0 Å². The number of pyridine rings is 1. The van der Waals surface area contributed by atoms with Crippen molar-refractivity contribution >= 4 is 5.82 Å². The van der Waals surface area contributed by atoms with Crippen molar-refractivity contribution in [1.29, 1.82) is 0 Å². The van der Waals surface area contributed by atoms with Crippen LogP contribution in [0.1, 0.15) is 37.7 Å². The number of hydrogen-bond acceptors (Lipinski definition) is 3. The summed E-state index contributed by atoms with van der Waals surface area (Å²) in [5.41, 5.74) is 1.31. The third kappa shape index (κ3) is 3.19. The Balaban J connectivity index is 2.06. The van der Waals surface area contributed by atoms with E-state index in [9.17, 15) is 0 Å². The molecule has 1 aromatic rings. The Kier molecular flexibility index (Phi) is 4.37. The molecule has 3 nitrogen and oxygen atoms in total. The van der Waals surface area contributed by atoms with Gasteiger partial charge in [0.1, 0.15) is 5.82 Å². The van der Waals surface area contributed by atoms with Crippen LogP contribution in [0.2, 0.25) is 0 Å². The average molecular weight is 233 g/mol. The van der Waals surface area contributed by atoms with E-state index in [4.69, 9.17) is 0 Å². The zero-order chi connectivity index (χ0) is 12.1. The van der Waals surface area contributed by atoms with E-state index >= 15 is 0 Å². The van der Waals surface area contributed by atoms with Crippen molar-refractivity contribution < 1.29 is 0 Å². The Morgan fingerprint density at radius 2 is 2.12 bits per heavy atom. The second kappa shape index (κ2) is 6.01. The van der Waals surface area contributed by atoms with Crippen molar-refractivity contribution in [3.05, 3.63) is 23.9 Å². The largest absolute Gasteiger partial charge is 0.357 e. The van der Waals surface area contributed by atoms with Gasteiger partial charge in [0.05, 0.1) is 0 Å². The summed E-state index contributed by atoms with van der Waals surface area (Å²) in [6, 6.07) is 4.96. The summed E-state index contributed by atoms with van der Waals surface area (Å²) < 4.78 is 0. The maximum absolute atomic E-state index is 4.49. The van der Waals surface area contributed by atoms with Gasteiger partial charge in [0.15, 0.2) is 0 Å². The van der Waals surface area contributed by atoms with E-state index in [2.05, 4.69) is 34.4 Å². The summed E-state index contributed by atoms with van der Waals surface area (Å²) >= 11 is 0. The molecule has 0 aliphatic heterocycles. The smallest absolute Gasteiger partial charge is 0.128 e. The summed E-state index contributed by atoms with van der Waals surface area (Å²) in [7, 11) is 4.16. The van der Waals surface area contributed by atoms with Crippen LogP contribution in [0.15, 0.2) is 18.3 Å². The van der Waals surface area contributed by atoms with Crippen molar-refractivity contribution in [2.45, 2.75) is 44.7 Å². The minimum absolute atomic E-state index is 0.682. The molecule has 0 bridgehead atoms. The fraction of sp³-hybridized carbons (Fsp3) is 0.643. The number of aromatic nitrogens is 1. The summed E-state index contributed by atoms with van der Waals surface area (Å²) in [4.78, 5) is 6.85. The van der Waals surface area contributed by atoms with Gasteiger partial charge in [0.25, 0.3) is 0 Å². The maximum atomic E-state index is 4.49. The van der Waals surface area contributed by atoms with Gasteiger partial charge in [0, 0.05) is 25.8 Å². The molecule has 1 aromatic heterocycles. The molecule has 0 aromatic carbocycles. The van der Waals surface area contributed by atoms with Crippen molar-refractivity contribution in [2.24, 2.45) is 0 Å². The molecular weight excluding hydrogens is 210 g/mol. The first-order valence-corrected chi connectivity index (χ1v) is 6.63. The van der Waals surface area contributed by atoms with E-state index in [1.54, 1.807) is 0 Å². The van der Waals surface area contributed by atoms with Crippen LogP contribution in [0.4, 0.5) is 5.82 Å². The Bertz CT molecular complexity index is 345. The molecular formula is C14H23N3. The highest BCUT2D eigenvalue weighted by atomic mass is 15.2. The molecule has 0 amide bonds. The van der Waals surface area contributed by atoms with Gasteiger partial charge < -0.3 is 10.2 Å². The molecule has 1 aliphatic carbocycles. The van der Waals surface area contributed by atoms with Crippen LogP contribution in [0.5, 0.6) is 0 Å². The van der Waals surface area contributed by atoms with Crippen molar-refractivity contribution in [2.75, 3.05) is 19.0 Å². The van der Waals surface area contributed by atoms with Gasteiger partial charge in [-0.1, -0.05) is 19.3 Å². The van der Waals surface area contributed by atoms with Crippen LogP contribution in [0, 0.1) is 0 Å². The van der Waals surface area contributed by atoms with Crippen molar-refractivity contribution in [1.82, 2.24) is 10.3 Å². The highest BCUT2D eigenvalue weighted by molar-refractivity contribution is 5.41. The van der Waals surface area contributed by atoms with E-state index in [1.165, 1.54) is 37.7 Å². The normalized spacial score (nSPS) is 17.1. The molecule has 1 aliphatic rings. The minimum atomic E-state index is 0.682. The van der Waals surface area contributed by atoms with E-state index in [0.717, 1.165) is 12.4 Å². The SMILES string of the molecule is CNCc1ccnc(N(C)C2CCCCC2)c1. The summed E-state index contributed by atoms with van der Waals surface area (Å²) in [5, 5.41) is 3.18. The lowest BCUT2D eigenvalue weighted by Gasteiger charge is -2.32. The van der Waals surface area contributed by atoms with Crippen molar-refractivity contribution in [3.8, 4) is 0 Å². The second-order valence-electron chi connectivity index (χ2n) is 4.96. The molecule has 2 rings (SSSR count). The van der Waals surface area contributed by atoms with Gasteiger partial charge in [-0.25, -0.2) is 4.98 Å². The highest BCUT2D eigenvalue weighted by Gasteiger charge is 2.18. The Hall–Kier alpha value is -1.09. The van der Waals surface area contributed by atoms with Crippen LogP contribution in [-0.2, 0) is 6.54 Å². The van der Waals surface area contributed by atoms with Crippen LogP contribution in [0.25, 0.3) is 0 Å². The van der Waals surface area contributed by atoms with Gasteiger partial charge in [-0.15, -0.1) is 0 Å². The molecule has 1 heterocycles. The molecule has 0 unspecified atom stereocenters. The van der Waals surface area contributed by atoms with Gasteiger partial charge in [0.2, 0.25) is 0 Å². The molecule has 3 heteroatoms. The topological polar surface area (TPSA) is 28.2 Å². The Morgan fingerprint density at radius 3 is 2.82 bits per heavy atom. The second-order valence-corrected chi connectivity index (χ2v) is 4.96. The summed E-state index contributed by atoms with van der Waals surface area (Å²) in [6.07, 6.45) is 8.68. The fourth-order valence-corrected chi connectivity index (χ4v) is 2.62. The Labute approximate surface area is 104 Å². The molecule has 1 fully saturated rings. The van der Waals surface area contributed by atoms with Crippen LogP contribution < -0.4 is 10.2 Å². The van der Waals surface area contributed by atoms with Gasteiger partial charge in [-0.3, -0.25) is 0 Å². The van der Waals surface area contributed by atoms with E-state index in [1.807, 2.05) is 13.2 Å². The first-order chi connectivity index (χ1) is 8.31. The zero-order valence-electron chi connectivity index (χ0n) is 10.9. The first kappa shape index (κ1) is 12.4. The molecule has 0 saturated heterocycles. The van der Waals surface area contributed by atoms with Crippen LogP contribution in [0.3, 0.4) is 0 Å². The molecule has 1 saturated carbocycles. The molecule has 1 N–H and O–H groups in total. The zero-order valence-corrected chi connectivity index (χ0v) is 10.9. The average Bonchev–Trinajstić information content (AvgIpc) is 2.40. The number of rotatable bonds is 4. The van der Waals surface area contributed by atoms with Crippen molar-refractivity contribution in [3.63, 3.8) is 0 Å². The number of anilines is 1. The lowest BCUT2D eigenvalue weighted by molar-refractivity contribution is 0.426. The molecule has 0 spiro atoms. The van der Waals surface area contributed by atoms with Gasteiger partial charge in [-0.05, 0) is 37.6 Å². The third-order valence-corrected chi connectivity index (χ3v) is 3.67. The van der Waals surface area contributed by atoms with Crippen LogP contribution >= 0.6 is 0 Å². The first-order valence-electron chi connectivity index (χ1n) is 6.63. The lowest BCUT2D eigenvalue weighted by atomic mass is 9.94.